The Bertz CT molecular complexity index is 1730. The highest BCUT2D eigenvalue weighted by Crippen LogP contribution is 2.26. The summed E-state index contributed by atoms with van der Waals surface area (Å²) in [6.45, 7) is 5.88. The second-order valence-electron chi connectivity index (χ2n) is 22.0. The first-order valence-corrected chi connectivity index (χ1v) is 32.6. The molecule has 6 unspecified atom stereocenters. The standard InChI is InChI=1S/C69H116O12/c1-4-7-10-13-16-19-22-25-27-29-31-33-35-38-40-43-46-49-52-55-61(70)77-58-60(79-62(71)56-53-50-47-44-42-39-36-34-32-30-28-26-23-20-17-14-11-8-5-2)59-78-69-67(65(74)64(73)66(81-69)68(75)76)80-63(72)57-54-51-48-45-41-37-24-21-18-15-12-9-6-3/h12,15-17,19-21,24-28,31,33,60,64-67,69,73-74H,4-11,13-14,18,22-23,29-30,32,34-59H2,1-3H3,(H,75,76)/b15-12-,19-16-,20-17-,24-21-,27-25-,28-26-,33-31-. The van der Waals surface area contributed by atoms with Crippen LogP contribution in [0.5, 0.6) is 0 Å². The Hall–Kier alpha value is -4.10. The van der Waals surface area contributed by atoms with Gasteiger partial charge in [0.05, 0.1) is 6.61 Å². The predicted octanol–water partition coefficient (Wildman–Crippen LogP) is 17.5. The lowest BCUT2D eigenvalue weighted by Gasteiger charge is -2.40. The normalized spacial score (nSPS) is 18.3. The maximum Gasteiger partial charge on any atom is 0.335 e. The molecule has 1 rings (SSSR count). The Kier molecular flexibility index (Phi) is 52.1. The Morgan fingerprint density at radius 3 is 1.17 bits per heavy atom. The summed E-state index contributed by atoms with van der Waals surface area (Å²) in [5.41, 5.74) is 0. The SMILES string of the molecule is CCC/C=C\C/C=C\CCCCCCCC(=O)OC1C(OCC(COC(=O)CCCCCCCC/C=C\C/C=C\C/C=C\CCCCC)OC(=O)CCCCCCCCCCC/C=C\C/C=C\CCCCC)OC(C(=O)O)C(O)C1O. The van der Waals surface area contributed by atoms with Gasteiger partial charge in [-0.05, 0) is 116 Å². The average molecular weight is 1140 g/mol. The number of hydrogen-bond donors (Lipinski definition) is 3. The van der Waals surface area contributed by atoms with Gasteiger partial charge in [0.2, 0.25) is 0 Å². The molecule has 0 aromatic heterocycles. The number of ether oxygens (including phenoxy) is 5. The van der Waals surface area contributed by atoms with Gasteiger partial charge in [0, 0.05) is 19.3 Å². The summed E-state index contributed by atoms with van der Waals surface area (Å²) in [6.07, 6.45) is 61.1. The van der Waals surface area contributed by atoms with E-state index < -0.39 is 67.3 Å². The molecule has 1 saturated heterocycles. The smallest absolute Gasteiger partial charge is 0.335 e. The van der Waals surface area contributed by atoms with Gasteiger partial charge in [-0.1, -0.05) is 228 Å². The molecule has 1 aliphatic rings. The summed E-state index contributed by atoms with van der Waals surface area (Å²) in [5, 5.41) is 31.6. The van der Waals surface area contributed by atoms with Crippen LogP contribution in [-0.2, 0) is 42.9 Å². The van der Waals surface area contributed by atoms with Crippen LogP contribution in [0.4, 0.5) is 0 Å². The number of carbonyl (C=O) groups is 4. The minimum absolute atomic E-state index is 0.0400. The Morgan fingerprint density at radius 2 is 0.765 bits per heavy atom. The van der Waals surface area contributed by atoms with Crippen LogP contribution in [0.3, 0.4) is 0 Å². The highest BCUT2D eigenvalue weighted by atomic mass is 16.7. The predicted molar refractivity (Wildman–Crippen MR) is 331 cm³/mol. The van der Waals surface area contributed by atoms with Crippen molar-refractivity contribution in [2.45, 2.75) is 314 Å². The van der Waals surface area contributed by atoms with E-state index >= 15 is 0 Å². The van der Waals surface area contributed by atoms with E-state index in [1.165, 1.54) is 77.0 Å². The van der Waals surface area contributed by atoms with Crippen LogP contribution in [0, 0.1) is 0 Å². The molecule has 6 atom stereocenters. The van der Waals surface area contributed by atoms with Crippen molar-refractivity contribution in [3.05, 3.63) is 85.1 Å². The van der Waals surface area contributed by atoms with Crippen LogP contribution in [0.2, 0.25) is 0 Å². The second kappa shape index (κ2) is 56.4. The summed E-state index contributed by atoms with van der Waals surface area (Å²) >= 11 is 0. The van der Waals surface area contributed by atoms with Crippen molar-refractivity contribution < 1.29 is 58.2 Å². The summed E-state index contributed by atoms with van der Waals surface area (Å²) in [5.74, 6) is -3.15. The summed E-state index contributed by atoms with van der Waals surface area (Å²) in [4.78, 5) is 51.3. The van der Waals surface area contributed by atoms with Crippen LogP contribution >= 0.6 is 0 Å². The number of carbonyl (C=O) groups excluding carboxylic acids is 3. The largest absolute Gasteiger partial charge is 0.479 e. The van der Waals surface area contributed by atoms with Crippen molar-refractivity contribution in [1.29, 1.82) is 0 Å². The zero-order valence-electron chi connectivity index (χ0n) is 51.3. The third kappa shape index (κ3) is 46.0. The number of carboxylic acid groups (broad SMARTS) is 1. The molecule has 81 heavy (non-hydrogen) atoms. The van der Waals surface area contributed by atoms with E-state index in [1.54, 1.807) is 0 Å². The Balaban J connectivity index is 2.67. The van der Waals surface area contributed by atoms with Gasteiger partial charge in [0.25, 0.3) is 0 Å². The van der Waals surface area contributed by atoms with E-state index in [0.29, 0.717) is 19.3 Å². The molecule has 1 fully saturated rings. The molecule has 0 aromatic carbocycles. The van der Waals surface area contributed by atoms with E-state index in [2.05, 4.69) is 106 Å². The molecule has 12 nitrogen and oxygen atoms in total. The lowest BCUT2D eigenvalue weighted by atomic mass is 9.98. The Morgan fingerprint density at radius 1 is 0.407 bits per heavy atom. The van der Waals surface area contributed by atoms with Crippen molar-refractivity contribution in [3.63, 3.8) is 0 Å². The minimum Gasteiger partial charge on any atom is -0.479 e. The molecular formula is C69H116O12. The fourth-order valence-corrected chi connectivity index (χ4v) is 9.38. The van der Waals surface area contributed by atoms with Crippen molar-refractivity contribution in [3.8, 4) is 0 Å². The average Bonchev–Trinajstić information content (AvgIpc) is 3.54. The molecule has 1 aliphatic heterocycles. The van der Waals surface area contributed by atoms with Gasteiger partial charge in [-0.25, -0.2) is 4.79 Å². The van der Waals surface area contributed by atoms with Gasteiger partial charge in [-0.15, -0.1) is 0 Å². The van der Waals surface area contributed by atoms with Crippen LogP contribution < -0.4 is 0 Å². The van der Waals surface area contributed by atoms with Crippen molar-refractivity contribution in [2.75, 3.05) is 13.2 Å². The number of hydrogen-bond acceptors (Lipinski definition) is 11. The number of aliphatic hydroxyl groups excluding tert-OH is 2. The second-order valence-corrected chi connectivity index (χ2v) is 22.0. The van der Waals surface area contributed by atoms with E-state index in [-0.39, 0.29) is 25.9 Å². The molecule has 3 N–H and O–H groups in total. The zero-order valence-corrected chi connectivity index (χ0v) is 51.3. The van der Waals surface area contributed by atoms with E-state index in [9.17, 15) is 34.5 Å². The minimum atomic E-state index is -1.91. The van der Waals surface area contributed by atoms with Crippen molar-refractivity contribution in [2.24, 2.45) is 0 Å². The third-order valence-electron chi connectivity index (χ3n) is 14.4. The van der Waals surface area contributed by atoms with Crippen LogP contribution in [0.25, 0.3) is 0 Å². The summed E-state index contributed by atoms with van der Waals surface area (Å²) < 4.78 is 28.5. The molecule has 464 valence electrons. The van der Waals surface area contributed by atoms with E-state index in [0.717, 1.165) is 141 Å². The van der Waals surface area contributed by atoms with Crippen molar-refractivity contribution >= 4 is 23.9 Å². The topological polar surface area (TPSA) is 175 Å². The molecule has 1 heterocycles. The fraction of sp³-hybridized carbons (Fsp3) is 0.739. The first-order chi connectivity index (χ1) is 39.6. The number of unbranched alkanes of at least 4 members (excludes halogenated alkanes) is 27. The van der Waals surface area contributed by atoms with Crippen LogP contribution in [-0.4, -0.2) is 89.2 Å². The number of carboxylic acids is 1. The quantitative estimate of drug-likeness (QED) is 0.0228. The molecule has 0 amide bonds. The van der Waals surface area contributed by atoms with Gasteiger partial charge in [0.15, 0.2) is 24.6 Å². The van der Waals surface area contributed by atoms with Gasteiger partial charge < -0.3 is 39.0 Å². The van der Waals surface area contributed by atoms with Gasteiger partial charge >= 0.3 is 23.9 Å². The molecule has 12 heteroatoms. The lowest BCUT2D eigenvalue weighted by molar-refractivity contribution is -0.301. The monoisotopic (exact) mass is 1140 g/mol. The zero-order chi connectivity index (χ0) is 58.9. The highest BCUT2D eigenvalue weighted by Gasteiger charge is 2.50. The Labute approximate surface area is 492 Å². The molecule has 0 aromatic rings. The molecule has 0 saturated carbocycles. The number of rotatable bonds is 55. The number of allylic oxidation sites excluding steroid dienone is 14. The molecule has 0 spiro atoms. The maximum atomic E-state index is 13.2. The van der Waals surface area contributed by atoms with Gasteiger partial charge in [0.1, 0.15) is 18.8 Å². The van der Waals surface area contributed by atoms with E-state index in [1.807, 2.05) is 0 Å². The first kappa shape index (κ1) is 74.9. The first-order valence-electron chi connectivity index (χ1n) is 32.6. The fourth-order valence-electron chi connectivity index (χ4n) is 9.38. The molecule has 0 radical (unpaired) electrons. The van der Waals surface area contributed by atoms with Gasteiger partial charge in [-0.3, -0.25) is 14.4 Å². The molecular weight excluding hydrogens is 1020 g/mol. The maximum absolute atomic E-state index is 13.2. The lowest BCUT2D eigenvalue weighted by Crippen LogP contribution is -2.61. The van der Waals surface area contributed by atoms with E-state index in [4.69, 9.17) is 23.7 Å². The highest BCUT2D eigenvalue weighted by molar-refractivity contribution is 5.74. The number of aliphatic carboxylic acids is 1. The van der Waals surface area contributed by atoms with Gasteiger partial charge in [-0.2, -0.15) is 0 Å². The van der Waals surface area contributed by atoms with Crippen LogP contribution in [0.1, 0.15) is 278 Å². The summed E-state index contributed by atoms with van der Waals surface area (Å²) in [7, 11) is 0. The summed E-state index contributed by atoms with van der Waals surface area (Å²) in [6, 6.07) is 0. The van der Waals surface area contributed by atoms with Crippen molar-refractivity contribution in [1.82, 2.24) is 0 Å². The molecule has 0 aliphatic carbocycles. The number of esters is 3. The molecule has 0 bridgehead atoms. The van der Waals surface area contributed by atoms with Crippen LogP contribution in [0.15, 0.2) is 85.1 Å². The number of aliphatic hydroxyl groups is 2. The third-order valence-corrected chi connectivity index (χ3v) is 14.4.